The number of amides is 1. The summed E-state index contributed by atoms with van der Waals surface area (Å²) >= 11 is 1.37. The summed E-state index contributed by atoms with van der Waals surface area (Å²) in [5.41, 5.74) is -0.907. The van der Waals surface area contributed by atoms with Gasteiger partial charge in [0.25, 0.3) is 5.91 Å². The van der Waals surface area contributed by atoms with Crippen molar-refractivity contribution in [2.75, 3.05) is 13.7 Å². The second-order valence-electron chi connectivity index (χ2n) is 4.43. The lowest BCUT2D eigenvalue weighted by atomic mass is 9.99. The number of ether oxygens (including phenoxy) is 1. The molecular formula is C12H17NO4S. The third-order valence-electron chi connectivity index (χ3n) is 2.38. The van der Waals surface area contributed by atoms with E-state index in [1.807, 2.05) is 13.0 Å². The average molecular weight is 271 g/mol. The van der Waals surface area contributed by atoms with Crippen LogP contribution in [-0.4, -0.2) is 36.2 Å². The first kappa shape index (κ1) is 14.7. The Morgan fingerprint density at radius 3 is 2.61 bits per heavy atom. The number of aliphatic carboxylic acids is 1. The van der Waals surface area contributed by atoms with Gasteiger partial charge in [0.15, 0.2) is 0 Å². The van der Waals surface area contributed by atoms with Crippen molar-refractivity contribution in [1.82, 2.24) is 5.32 Å². The molecule has 0 fully saturated rings. The number of carboxylic acids is 1. The predicted octanol–water partition coefficient (Wildman–Crippen LogP) is 1.67. The van der Waals surface area contributed by atoms with E-state index in [4.69, 9.17) is 9.84 Å². The van der Waals surface area contributed by atoms with Gasteiger partial charge >= 0.3 is 5.97 Å². The molecular weight excluding hydrogens is 254 g/mol. The predicted molar refractivity (Wildman–Crippen MR) is 69.1 cm³/mol. The molecule has 1 heterocycles. The van der Waals surface area contributed by atoms with E-state index in [-0.39, 0.29) is 18.9 Å². The molecule has 1 atom stereocenters. The number of methoxy groups -OCH3 is 1. The van der Waals surface area contributed by atoms with Gasteiger partial charge in [0.1, 0.15) is 0 Å². The molecule has 0 aromatic carbocycles. The second-order valence-corrected chi connectivity index (χ2v) is 5.72. The fourth-order valence-electron chi connectivity index (χ4n) is 1.68. The highest BCUT2D eigenvalue weighted by atomic mass is 32.1. The zero-order chi connectivity index (χ0) is 13.8. The molecule has 100 valence electrons. The number of carbonyl (C=O) groups excluding carboxylic acids is 1. The van der Waals surface area contributed by atoms with Gasteiger partial charge in [0.05, 0.1) is 23.4 Å². The second kappa shape index (κ2) is 5.97. The molecule has 1 aromatic heterocycles. The Kier molecular flexibility index (Phi) is 4.86. The molecule has 0 aliphatic carbocycles. The molecule has 1 aromatic rings. The Balaban J connectivity index is 2.77. The minimum atomic E-state index is -0.975. The Labute approximate surface area is 110 Å². The number of thiophene rings is 1. The lowest BCUT2D eigenvalue weighted by molar-refractivity contribution is -0.139. The van der Waals surface area contributed by atoms with E-state index in [0.717, 1.165) is 4.88 Å². The number of carbonyl (C=O) groups is 2. The molecule has 5 nitrogen and oxygen atoms in total. The first-order valence-electron chi connectivity index (χ1n) is 5.46. The Morgan fingerprint density at radius 2 is 2.17 bits per heavy atom. The normalized spacial score (nSPS) is 13.9. The van der Waals surface area contributed by atoms with Gasteiger partial charge in [-0.1, -0.05) is 0 Å². The maximum Gasteiger partial charge on any atom is 0.305 e. The molecule has 0 saturated heterocycles. The van der Waals surface area contributed by atoms with Crippen molar-refractivity contribution < 1.29 is 19.4 Å². The molecule has 18 heavy (non-hydrogen) atoms. The molecule has 0 bridgehead atoms. The van der Waals surface area contributed by atoms with Crippen molar-refractivity contribution in [3.8, 4) is 0 Å². The molecule has 0 saturated carbocycles. The fourth-order valence-corrected chi connectivity index (χ4v) is 2.44. The van der Waals surface area contributed by atoms with Crippen LogP contribution in [0.3, 0.4) is 0 Å². The minimum Gasteiger partial charge on any atom is -0.481 e. The van der Waals surface area contributed by atoms with Gasteiger partial charge in [-0.05, 0) is 26.0 Å². The molecule has 1 amide bonds. The lowest BCUT2D eigenvalue weighted by Gasteiger charge is -2.28. The van der Waals surface area contributed by atoms with Crippen LogP contribution in [0.1, 0.15) is 27.9 Å². The summed E-state index contributed by atoms with van der Waals surface area (Å²) in [6.07, 6.45) is -0.184. The van der Waals surface area contributed by atoms with E-state index < -0.39 is 11.5 Å². The van der Waals surface area contributed by atoms with Crippen molar-refractivity contribution in [2.45, 2.75) is 25.8 Å². The topological polar surface area (TPSA) is 75.6 Å². The van der Waals surface area contributed by atoms with Gasteiger partial charge in [0, 0.05) is 12.0 Å². The number of carboxylic acid groups (broad SMARTS) is 1. The first-order valence-corrected chi connectivity index (χ1v) is 6.27. The lowest BCUT2D eigenvalue weighted by Crippen LogP contribution is -2.50. The van der Waals surface area contributed by atoms with Crippen molar-refractivity contribution in [3.05, 3.63) is 21.9 Å². The highest BCUT2D eigenvalue weighted by molar-refractivity contribution is 7.13. The molecule has 1 unspecified atom stereocenters. The Hall–Kier alpha value is -1.40. The van der Waals surface area contributed by atoms with Crippen LogP contribution in [0.15, 0.2) is 12.1 Å². The third-order valence-corrected chi connectivity index (χ3v) is 3.38. The smallest absolute Gasteiger partial charge is 0.305 e. The molecule has 0 aliphatic rings. The van der Waals surface area contributed by atoms with E-state index in [2.05, 4.69) is 5.32 Å². The van der Waals surface area contributed by atoms with Gasteiger partial charge in [-0.15, -0.1) is 11.3 Å². The number of hydrogen-bond acceptors (Lipinski definition) is 4. The molecule has 0 spiro atoms. The maximum atomic E-state index is 12.0. The van der Waals surface area contributed by atoms with Crippen molar-refractivity contribution in [2.24, 2.45) is 0 Å². The Morgan fingerprint density at radius 1 is 1.50 bits per heavy atom. The van der Waals surface area contributed by atoms with Crippen LogP contribution in [0.4, 0.5) is 0 Å². The van der Waals surface area contributed by atoms with Crippen LogP contribution in [-0.2, 0) is 9.53 Å². The average Bonchev–Trinajstić information content (AvgIpc) is 2.63. The molecule has 0 radical (unpaired) electrons. The van der Waals surface area contributed by atoms with Crippen molar-refractivity contribution in [3.63, 3.8) is 0 Å². The number of aryl methyl sites for hydroxylation is 1. The number of rotatable bonds is 6. The zero-order valence-corrected chi connectivity index (χ0v) is 11.5. The standard InChI is InChI=1S/C12H17NO4S/c1-8-4-5-9(18-8)11(16)13-12(2,7-17-3)6-10(14)15/h4-5H,6-7H2,1-3H3,(H,13,16)(H,14,15). The minimum absolute atomic E-state index is 0.148. The van der Waals surface area contributed by atoms with Gasteiger partial charge in [-0.3, -0.25) is 9.59 Å². The summed E-state index contributed by atoms with van der Waals surface area (Å²) in [6, 6.07) is 3.58. The van der Waals surface area contributed by atoms with Crippen LogP contribution in [0.2, 0.25) is 0 Å². The maximum absolute atomic E-state index is 12.0. The number of hydrogen-bond donors (Lipinski definition) is 2. The van der Waals surface area contributed by atoms with E-state index in [9.17, 15) is 9.59 Å². The first-order chi connectivity index (χ1) is 8.36. The van der Waals surface area contributed by atoms with Crippen LogP contribution >= 0.6 is 11.3 Å². The summed E-state index contributed by atoms with van der Waals surface area (Å²) in [5.74, 6) is -1.24. The van der Waals surface area contributed by atoms with Gasteiger partial charge in [-0.25, -0.2) is 0 Å². The zero-order valence-electron chi connectivity index (χ0n) is 10.6. The summed E-state index contributed by atoms with van der Waals surface area (Å²) in [6.45, 7) is 3.71. The molecule has 0 aliphatic heterocycles. The quantitative estimate of drug-likeness (QED) is 0.825. The summed E-state index contributed by atoms with van der Waals surface area (Å²) in [7, 11) is 1.47. The molecule has 6 heteroatoms. The summed E-state index contributed by atoms with van der Waals surface area (Å²) < 4.78 is 4.98. The van der Waals surface area contributed by atoms with Crippen LogP contribution < -0.4 is 5.32 Å². The van der Waals surface area contributed by atoms with Crippen LogP contribution in [0, 0.1) is 6.92 Å². The molecule has 2 N–H and O–H groups in total. The largest absolute Gasteiger partial charge is 0.481 e. The van der Waals surface area contributed by atoms with Crippen molar-refractivity contribution >= 4 is 23.2 Å². The van der Waals surface area contributed by atoms with Crippen molar-refractivity contribution in [1.29, 1.82) is 0 Å². The van der Waals surface area contributed by atoms with E-state index in [1.165, 1.54) is 18.4 Å². The van der Waals surface area contributed by atoms with Crippen LogP contribution in [0.5, 0.6) is 0 Å². The SMILES string of the molecule is COCC(C)(CC(=O)O)NC(=O)c1ccc(C)s1. The number of nitrogens with one attached hydrogen (secondary N) is 1. The highest BCUT2D eigenvalue weighted by Gasteiger charge is 2.30. The van der Waals surface area contributed by atoms with E-state index in [0.29, 0.717) is 4.88 Å². The highest BCUT2D eigenvalue weighted by Crippen LogP contribution is 2.17. The van der Waals surface area contributed by atoms with E-state index >= 15 is 0 Å². The van der Waals surface area contributed by atoms with E-state index in [1.54, 1.807) is 13.0 Å². The third kappa shape index (κ3) is 4.12. The van der Waals surface area contributed by atoms with Gasteiger partial charge < -0.3 is 15.2 Å². The summed E-state index contributed by atoms with van der Waals surface area (Å²) in [4.78, 5) is 24.4. The fraction of sp³-hybridized carbons (Fsp3) is 0.500. The van der Waals surface area contributed by atoms with Gasteiger partial charge in [0.2, 0.25) is 0 Å². The van der Waals surface area contributed by atoms with Gasteiger partial charge in [-0.2, -0.15) is 0 Å². The van der Waals surface area contributed by atoms with Crippen LogP contribution in [0.25, 0.3) is 0 Å². The Bertz CT molecular complexity index is 443. The summed E-state index contributed by atoms with van der Waals surface area (Å²) in [5, 5.41) is 11.6. The monoisotopic (exact) mass is 271 g/mol. The molecule has 1 rings (SSSR count).